The SMILES string of the molecule is CC1(C)Cc2nc(-c3c(F)cccc3F)sc2C(N)C1. The summed E-state index contributed by atoms with van der Waals surface area (Å²) in [7, 11) is 0. The van der Waals surface area contributed by atoms with Crippen LogP contribution < -0.4 is 5.73 Å². The molecule has 1 aliphatic carbocycles. The van der Waals surface area contributed by atoms with Gasteiger partial charge in [0.1, 0.15) is 16.6 Å². The van der Waals surface area contributed by atoms with E-state index in [2.05, 4.69) is 18.8 Å². The second kappa shape index (κ2) is 4.60. The van der Waals surface area contributed by atoms with Crippen LogP contribution in [-0.2, 0) is 6.42 Å². The number of aromatic nitrogens is 1. The zero-order valence-electron chi connectivity index (χ0n) is 11.4. The van der Waals surface area contributed by atoms with E-state index in [1.54, 1.807) is 0 Å². The zero-order chi connectivity index (χ0) is 14.5. The highest BCUT2D eigenvalue weighted by molar-refractivity contribution is 7.15. The van der Waals surface area contributed by atoms with E-state index < -0.39 is 11.6 Å². The fourth-order valence-corrected chi connectivity index (χ4v) is 3.93. The van der Waals surface area contributed by atoms with Crippen molar-refractivity contribution in [1.82, 2.24) is 4.98 Å². The number of thiazole rings is 1. The van der Waals surface area contributed by atoms with E-state index in [9.17, 15) is 8.78 Å². The Labute approximate surface area is 120 Å². The van der Waals surface area contributed by atoms with Crippen LogP contribution in [-0.4, -0.2) is 4.98 Å². The lowest BCUT2D eigenvalue weighted by molar-refractivity contribution is 0.282. The molecule has 0 amide bonds. The van der Waals surface area contributed by atoms with Crippen molar-refractivity contribution in [2.75, 3.05) is 0 Å². The van der Waals surface area contributed by atoms with Crippen LogP contribution in [0, 0.1) is 17.0 Å². The van der Waals surface area contributed by atoms with Gasteiger partial charge in [-0.1, -0.05) is 19.9 Å². The summed E-state index contributed by atoms with van der Waals surface area (Å²) in [6.45, 7) is 4.27. The van der Waals surface area contributed by atoms with E-state index in [0.717, 1.165) is 23.4 Å². The third kappa shape index (κ3) is 2.25. The molecule has 0 saturated carbocycles. The van der Waals surface area contributed by atoms with Crippen molar-refractivity contribution in [3.63, 3.8) is 0 Å². The predicted octanol–water partition coefficient (Wildman–Crippen LogP) is 4.06. The smallest absolute Gasteiger partial charge is 0.136 e. The van der Waals surface area contributed by atoms with Crippen molar-refractivity contribution in [2.24, 2.45) is 11.1 Å². The molecule has 0 aliphatic heterocycles. The summed E-state index contributed by atoms with van der Waals surface area (Å²) in [4.78, 5) is 5.41. The van der Waals surface area contributed by atoms with Gasteiger partial charge in [-0.05, 0) is 30.4 Å². The van der Waals surface area contributed by atoms with Crippen LogP contribution in [0.4, 0.5) is 8.78 Å². The molecule has 1 aromatic carbocycles. The summed E-state index contributed by atoms with van der Waals surface area (Å²) in [6, 6.07) is 3.76. The van der Waals surface area contributed by atoms with Gasteiger partial charge < -0.3 is 5.73 Å². The Hall–Kier alpha value is -1.33. The van der Waals surface area contributed by atoms with Gasteiger partial charge in [0.15, 0.2) is 0 Å². The first kappa shape index (κ1) is 13.6. The van der Waals surface area contributed by atoms with Crippen LogP contribution in [0.5, 0.6) is 0 Å². The first-order chi connectivity index (χ1) is 9.37. The van der Waals surface area contributed by atoms with Gasteiger partial charge in [-0.2, -0.15) is 0 Å². The van der Waals surface area contributed by atoms with E-state index in [0.29, 0.717) is 5.01 Å². The lowest BCUT2D eigenvalue weighted by atomic mass is 9.77. The molecule has 0 radical (unpaired) electrons. The van der Waals surface area contributed by atoms with Gasteiger partial charge in [0.25, 0.3) is 0 Å². The molecule has 0 fully saturated rings. The number of rotatable bonds is 1. The fourth-order valence-electron chi connectivity index (χ4n) is 2.80. The quantitative estimate of drug-likeness (QED) is 0.861. The minimum Gasteiger partial charge on any atom is -0.323 e. The van der Waals surface area contributed by atoms with Crippen molar-refractivity contribution < 1.29 is 8.78 Å². The number of halogens is 2. The number of nitrogens with zero attached hydrogens (tertiary/aromatic N) is 1. The van der Waals surface area contributed by atoms with E-state index in [-0.39, 0.29) is 17.0 Å². The maximum Gasteiger partial charge on any atom is 0.136 e. The number of hydrogen-bond acceptors (Lipinski definition) is 3. The zero-order valence-corrected chi connectivity index (χ0v) is 12.2. The van der Waals surface area contributed by atoms with Crippen molar-refractivity contribution in [2.45, 2.75) is 32.7 Å². The molecule has 0 saturated heterocycles. The first-order valence-corrected chi connectivity index (χ1v) is 7.38. The first-order valence-electron chi connectivity index (χ1n) is 6.57. The molecule has 106 valence electrons. The van der Waals surface area contributed by atoms with Crippen molar-refractivity contribution in [1.29, 1.82) is 0 Å². The average molecular weight is 294 g/mol. The Morgan fingerprint density at radius 2 is 1.95 bits per heavy atom. The van der Waals surface area contributed by atoms with Gasteiger partial charge in [-0.3, -0.25) is 0 Å². The van der Waals surface area contributed by atoms with Gasteiger partial charge in [-0.25, -0.2) is 13.8 Å². The molecule has 1 atom stereocenters. The molecule has 1 heterocycles. The highest BCUT2D eigenvalue weighted by Crippen LogP contribution is 2.44. The van der Waals surface area contributed by atoms with Crippen LogP contribution in [0.15, 0.2) is 18.2 Å². The number of nitrogens with two attached hydrogens (primary N) is 1. The summed E-state index contributed by atoms with van der Waals surface area (Å²) in [5.41, 5.74) is 7.09. The Kier molecular flexibility index (Phi) is 3.14. The Balaban J connectivity index is 2.11. The Morgan fingerprint density at radius 3 is 2.60 bits per heavy atom. The van der Waals surface area contributed by atoms with E-state index in [1.165, 1.54) is 29.5 Å². The Morgan fingerprint density at radius 1 is 1.30 bits per heavy atom. The molecular formula is C15H16F2N2S. The minimum atomic E-state index is -0.580. The lowest BCUT2D eigenvalue weighted by Crippen LogP contribution is -2.28. The largest absolute Gasteiger partial charge is 0.323 e. The molecule has 2 aromatic rings. The lowest BCUT2D eigenvalue weighted by Gasteiger charge is -2.32. The van der Waals surface area contributed by atoms with Gasteiger partial charge in [-0.15, -0.1) is 11.3 Å². The van der Waals surface area contributed by atoms with Crippen molar-refractivity contribution in [3.8, 4) is 10.6 Å². The topological polar surface area (TPSA) is 38.9 Å². The molecule has 0 bridgehead atoms. The maximum atomic E-state index is 13.8. The maximum absolute atomic E-state index is 13.8. The molecule has 0 spiro atoms. The van der Waals surface area contributed by atoms with Crippen LogP contribution in [0.3, 0.4) is 0 Å². The molecular weight excluding hydrogens is 278 g/mol. The molecule has 1 aliphatic rings. The molecule has 2 nitrogen and oxygen atoms in total. The standard InChI is InChI=1S/C15H16F2N2S/c1-15(2)6-10(18)13-11(7-15)19-14(20-13)12-8(16)4-3-5-9(12)17/h3-5,10H,6-7,18H2,1-2H3. The minimum absolute atomic E-state index is 0.0445. The van der Waals surface area contributed by atoms with Crippen molar-refractivity contribution >= 4 is 11.3 Å². The molecule has 1 aromatic heterocycles. The molecule has 20 heavy (non-hydrogen) atoms. The van der Waals surface area contributed by atoms with Crippen molar-refractivity contribution in [3.05, 3.63) is 40.4 Å². The fraction of sp³-hybridized carbons (Fsp3) is 0.400. The van der Waals surface area contributed by atoms with Crippen LogP contribution in [0.25, 0.3) is 10.6 Å². The van der Waals surface area contributed by atoms with E-state index in [4.69, 9.17) is 5.73 Å². The van der Waals surface area contributed by atoms with E-state index >= 15 is 0 Å². The third-order valence-corrected chi connectivity index (χ3v) is 4.91. The summed E-state index contributed by atoms with van der Waals surface area (Å²) in [5.74, 6) is -1.16. The number of fused-ring (bicyclic) bond motifs is 1. The second-order valence-corrected chi connectivity index (χ2v) is 7.11. The summed E-state index contributed by atoms with van der Waals surface area (Å²) in [6.07, 6.45) is 1.66. The highest BCUT2D eigenvalue weighted by atomic mass is 32.1. The van der Waals surface area contributed by atoms with Crippen LogP contribution in [0.2, 0.25) is 0 Å². The van der Waals surface area contributed by atoms with Crippen LogP contribution in [0.1, 0.15) is 36.9 Å². The summed E-state index contributed by atoms with van der Waals surface area (Å²) in [5, 5.41) is 0.388. The second-order valence-electron chi connectivity index (χ2n) is 6.08. The molecule has 1 unspecified atom stereocenters. The molecule has 3 rings (SSSR count). The van der Waals surface area contributed by atoms with Gasteiger partial charge in [0.05, 0.1) is 11.3 Å². The molecule has 5 heteroatoms. The Bertz CT molecular complexity index is 644. The monoisotopic (exact) mass is 294 g/mol. The van der Waals surface area contributed by atoms with E-state index in [1.807, 2.05) is 0 Å². The predicted molar refractivity (Wildman–Crippen MR) is 76.5 cm³/mol. The highest BCUT2D eigenvalue weighted by Gasteiger charge is 2.33. The van der Waals surface area contributed by atoms with Gasteiger partial charge in [0, 0.05) is 10.9 Å². The molecule has 2 N–H and O–H groups in total. The van der Waals surface area contributed by atoms with Gasteiger partial charge in [0.2, 0.25) is 0 Å². The average Bonchev–Trinajstić information content (AvgIpc) is 2.70. The summed E-state index contributed by atoms with van der Waals surface area (Å²) < 4.78 is 27.7. The normalized spacial score (nSPS) is 20.8. The third-order valence-electron chi connectivity index (χ3n) is 3.66. The van der Waals surface area contributed by atoms with Crippen LogP contribution >= 0.6 is 11.3 Å². The number of hydrogen-bond donors (Lipinski definition) is 1. The number of benzene rings is 1. The van der Waals surface area contributed by atoms with Gasteiger partial charge >= 0.3 is 0 Å². The summed E-state index contributed by atoms with van der Waals surface area (Å²) >= 11 is 1.31.